The number of hydrogen-bond donors (Lipinski definition) is 1. The Hall–Kier alpha value is -3.64. The molecule has 1 aliphatic heterocycles. The molecule has 1 saturated heterocycles. The molecule has 31 heavy (non-hydrogen) atoms. The van der Waals surface area contributed by atoms with Crippen LogP contribution in [0.2, 0.25) is 0 Å². The highest BCUT2D eigenvalue weighted by Crippen LogP contribution is 2.33. The van der Waals surface area contributed by atoms with E-state index in [1.54, 1.807) is 12.2 Å². The van der Waals surface area contributed by atoms with Crippen LogP contribution in [0.5, 0.6) is 0 Å². The van der Waals surface area contributed by atoms with Crippen LogP contribution in [-0.4, -0.2) is 40.4 Å². The number of fused-ring (bicyclic) bond motifs is 1. The first-order valence-electron chi connectivity index (χ1n) is 9.98. The molecule has 0 saturated carbocycles. The summed E-state index contributed by atoms with van der Waals surface area (Å²) >= 11 is 0. The van der Waals surface area contributed by atoms with Crippen LogP contribution in [0.1, 0.15) is 17.5 Å². The van der Waals surface area contributed by atoms with Crippen molar-refractivity contribution in [1.82, 2.24) is 4.57 Å². The molecule has 0 radical (unpaired) electrons. The Morgan fingerprint density at radius 3 is 2.71 bits per heavy atom. The summed E-state index contributed by atoms with van der Waals surface area (Å²) in [5, 5.41) is 10.9. The molecule has 0 spiro atoms. The Labute approximate surface area is 180 Å². The molecule has 3 aromatic rings. The van der Waals surface area contributed by atoms with Crippen molar-refractivity contribution >= 4 is 35.0 Å². The molecule has 1 fully saturated rings. The molecule has 0 bridgehead atoms. The minimum Gasteiger partial charge on any atom is -0.458 e. The van der Waals surface area contributed by atoms with Gasteiger partial charge >= 0.3 is 11.9 Å². The maximum absolute atomic E-state index is 12.5. The van der Waals surface area contributed by atoms with Crippen LogP contribution in [0.15, 0.2) is 72.4 Å². The SMILES string of the molecule is Cn1cc(/C=C2\CC(CO)(COC(=O)/C=C/c3ccccc3)OC2=O)c2ccccc21. The Balaban J connectivity index is 1.47. The Kier molecular flexibility index (Phi) is 5.73. The van der Waals surface area contributed by atoms with Crippen LogP contribution in [0.3, 0.4) is 0 Å². The molecule has 1 atom stereocenters. The fraction of sp³-hybridized carbons (Fsp3) is 0.200. The second-order valence-electron chi connectivity index (χ2n) is 7.64. The summed E-state index contributed by atoms with van der Waals surface area (Å²) in [6.07, 6.45) is 6.82. The Morgan fingerprint density at radius 1 is 1.19 bits per heavy atom. The van der Waals surface area contributed by atoms with Crippen LogP contribution in [0.4, 0.5) is 0 Å². The van der Waals surface area contributed by atoms with Crippen LogP contribution < -0.4 is 0 Å². The largest absolute Gasteiger partial charge is 0.458 e. The summed E-state index contributed by atoms with van der Waals surface area (Å²) in [6, 6.07) is 17.2. The first-order chi connectivity index (χ1) is 15.0. The maximum Gasteiger partial charge on any atom is 0.334 e. The van der Waals surface area contributed by atoms with Crippen molar-refractivity contribution in [3.05, 3.63) is 83.6 Å². The van der Waals surface area contributed by atoms with Crippen molar-refractivity contribution in [2.75, 3.05) is 13.2 Å². The van der Waals surface area contributed by atoms with Gasteiger partial charge in [0, 0.05) is 47.8 Å². The van der Waals surface area contributed by atoms with E-state index in [4.69, 9.17) is 9.47 Å². The number of aryl methyl sites for hydroxylation is 1. The third kappa shape index (κ3) is 4.44. The van der Waals surface area contributed by atoms with Gasteiger partial charge in [0.1, 0.15) is 6.61 Å². The van der Waals surface area contributed by atoms with Crippen LogP contribution in [0, 0.1) is 0 Å². The van der Waals surface area contributed by atoms with E-state index in [0.29, 0.717) is 5.57 Å². The van der Waals surface area contributed by atoms with Crippen molar-refractivity contribution < 1.29 is 24.2 Å². The summed E-state index contributed by atoms with van der Waals surface area (Å²) in [4.78, 5) is 24.6. The number of aromatic nitrogens is 1. The Morgan fingerprint density at radius 2 is 1.94 bits per heavy atom. The van der Waals surface area contributed by atoms with Crippen molar-refractivity contribution in [3.63, 3.8) is 0 Å². The number of carbonyl (C=O) groups excluding carboxylic acids is 2. The number of cyclic esters (lactones) is 1. The summed E-state index contributed by atoms with van der Waals surface area (Å²) in [5.41, 5.74) is 1.96. The normalized spacial score (nSPS) is 19.9. The third-order valence-corrected chi connectivity index (χ3v) is 5.32. The van der Waals surface area contributed by atoms with E-state index in [0.717, 1.165) is 22.0 Å². The van der Waals surface area contributed by atoms with E-state index in [1.807, 2.05) is 72.4 Å². The van der Waals surface area contributed by atoms with E-state index >= 15 is 0 Å². The molecule has 1 aromatic heterocycles. The summed E-state index contributed by atoms with van der Waals surface area (Å²) in [5.74, 6) is -1.09. The lowest BCUT2D eigenvalue weighted by molar-refractivity contribution is -0.163. The Bertz CT molecular complexity index is 1180. The van der Waals surface area contributed by atoms with Gasteiger partial charge in [-0.15, -0.1) is 0 Å². The highest BCUT2D eigenvalue weighted by Gasteiger charge is 2.44. The van der Waals surface area contributed by atoms with Crippen molar-refractivity contribution in [2.24, 2.45) is 7.05 Å². The zero-order chi connectivity index (χ0) is 21.8. The van der Waals surface area contributed by atoms with Gasteiger partial charge < -0.3 is 19.1 Å². The zero-order valence-corrected chi connectivity index (χ0v) is 17.2. The van der Waals surface area contributed by atoms with Crippen LogP contribution in [-0.2, 0) is 26.1 Å². The number of para-hydroxylation sites is 1. The molecular weight excluding hydrogens is 394 g/mol. The van der Waals surface area contributed by atoms with Gasteiger partial charge in [-0.05, 0) is 23.8 Å². The number of rotatable bonds is 6. The van der Waals surface area contributed by atoms with Crippen molar-refractivity contribution in [1.29, 1.82) is 0 Å². The average Bonchev–Trinajstić information content (AvgIpc) is 3.29. The monoisotopic (exact) mass is 417 g/mol. The van der Waals surface area contributed by atoms with Crippen LogP contribution in [0.25, 0.3) is 23.1 Å². The molecule has 2 aromatic carbocycles. The number of aliphatic hydroxyl groups excluding tert-OH is 1. The number of hydrogen-bond acceptors (Lipinski definition) is 5. The number of esters is 2. The number of ether oxygens (including phenoxy) is 2. The number of benzene rings is 2. The van der Waals surface area contributed by atoms with E-state index in [-0.39, 0.29) is 13.0 Å². The first kappa shape index (κ1) is 20.6. The first-order valence-corrected chi connectivity index (χ1v) is 9.98. The minimum atomic E-state index is -1.27. The van der Waals surface area contributed by atoms with Gasteiger partial charge in [0.05, 0.1) is 6.61 Å². The van der Waals surface area contributed by atoms with Crippen molar-refractivity contribution in [3.8, 4) is 0 Å². The van der Waals surface area contributed by atoms with Crippen molar-refractivity contribution in [2.45, 2.75) is 12.0 Å². The second kappa shape index (κ2) is 8.62. The lowest BCUT2D eigenvalue weighted by Gasteiger charge is -2.23. The van der Waals surface area contributed by atoms with E-state index < -0.39 is 24.1 Å². The molecule has 6 nitrogen and oxygen atoms in total. The van der Waals surface area contributed by atoms with Gasteiger partial charge in [-0.1, -0.05) is 48.5 Å². The minimum absolute atomic E-state index is 0.154. The predicted molar refractivity (Wildman–Crippen MR) is 118 cm³/mol. The standard InChI is InChI=1S/C25H23NO5/c1-26-15-20(21-9-5-6-10-22(21)26)13-19-14-25(16-27,31-24(19)29)17-30-23(28)12-11-18-7-3-2-4-8-18/h2-13,15,27H,14,16-17H2,1H3/b12-11+,19-13+. The fourth-order valence-corrected chi connectivity index (χ4v) is 3.70. The van der Waals surface area contributed by atoms with Crippen LogP contribution >= 0.6 is 0 Å². The predicted octanol–water partition coefficient (Wildman–Crippen LogP) is 3.50. The molecular formula is C25H23NO5. The van der Waals surface area contributed by atoms with Gasteiger partial charge in [0.25, 0.3) is 0 Å². The number of aliphatic hydroxyl groups is 1. The summed E-state index contributed by atoms with van der Waals surface area (Å²) in [7, 11) is 1.94. The maximum atomic E-state index is 12.5. The molecule has 4 rings (SSSR count). The smallest absolute Gasteiger partial charge is 0.334 e. The second-order valence-corrected chi connectivity index (χ2v) is 7.64. The number of carbonyl (C=O) groups is 2. The number of nitrogens with zero attached hydrogens (tertiary/aromatic N) is 1. The van der Waals surface area contributed by atoms with E-state index in [9.17, 15) is 14.7 Å². The molecule has 1 unspecified atom stereocenters. The van der Waals surface area contributed by atoms with Gasteiger partial charge in [-0.2, -0.15) is 0 Å². The average molecular weight is 417 g/mol. The molecule has 6 heteroatoms. The van der Waals surface area contributed by atoms with Gasteiger partial charge in [0.15, 0.2) is 5.60 Å². The highest BCUT2D eigenvalue weighted by atomic mass is 16.6. The zero-order valence-electron chi connectivity index (χ0n) is 17.2. The quantitative estimate of drug-likeness (QED) is 0.491. The lowest BCUT2D eigenvalue weighted by Crippen LogP contribution is -2.39. The van der Waals surface area contributed by atoms with Gasteiger partial charge in [-0.3, -0.25) is 0 Å². The topological polar surface area (TPSA) is 77.8 Å². The fourth-order valence-electron chi connectivity index (χ4n) is 3.70. The third-order valence-electron chi connectivity index (χ3n) is 5.32. The summed E-state index contributed by atoms with van der Waals surface area (Å²) in [6.45, 7) is -0.665. The van der Waals surface area contributed by atoms with E-state index in [2.05, 4.69) is 0 Å². The summed E-state index contributed by atoms with van der Waals surface area (Å²) < 4.78 is 12.7. The molecule has 2 heterocycles. The highest BCUT2D eigenvalue weighted by molar-refractivity contribution is 6.00. The van der Waals surface area contributed by atoms with Gasteiger partial charge in [-0.25, -0.2) is 9.59 Å². The lowest BCUT2D eigenvalue weighted by atomic mass is 9.98. The molecule has 1 aliphatic rings. The molecule has 0 amide bonds. The van der Waals surface area contributed by atoms with E-state index in [1.165, 1.54) is 6.08 Å². The molecule has 158 valence electrons. The molecule has 0 aliphatic carbocycles. The molecule has 1 N–H and O–H groups in total. The van der Waals surface area contributed by atoms with Gasteiger partial charge in [0.2, 0.25) is 0 Å².